The summed E-state index contributed by atoms with van der Waals surface area (Å²) in [7, 11) is 0. The second kappa shape index (κ2) is 2.67. The summed E-state index contributed by atoms with van der Waals surface area (Å²) in [6.45, 7) is 0. The van der Waals surface area contributed by atoms with Crippen molar-refractivity contribution in [2.45, 2.75) is 0 Å². The van der Waals surface area contributed by atoms with Gasteiger partial charge in [0.15, 0.2) is 0 Å². The predicted octanol–water partition coefficient (Wildman–Crippen LogP) is 0.0110. The molecule has 0 spiro atoms. The minimum atomic E-state index is -0.900. The Balaban J connectivity index is 3.67. The molecule has 0 unspecified atom stereocenters. The van der Waals surface area contributed by atoms with Crippen LogP contribution < -0.4 is 0 Å². The average Bonchev–Trinajstić information content (AvgIpc) is 1.61. The van der Waals surface area contributed by atoms with Gasteiger partial charge in [0.2, 0.25) is 0 Å². The topological polar surface area (TPSA) is 86.3 Å². The molecule has 0 amide bonds. The SMILES string of the molecule is O=[N+]([O-])/C=C\[N+](=O)[O-]. The molecule has 0 aromatic heterocycles. The van der Waals surface area contributed by atoms with E-state index in [1.54, 1.807) is 0 Å². The summed E-state index contributed by atoms with van der Waals surface area (Å²) in [6.07, 6.45) is 0.528. The first-order valence-electron chi connectivity index (χ1n) is 1.58. The maximum atomic E-state index is 9.32. The molecule has 44 valence electrons. The van der Waals surface area contributed by atoms with Gasteiger partial charge in [0.1, 0.15) is 0 Å². The van der Waals surface area contributed by atoms with Crippen LogP contribution in [0.15, 0.2) is 12.4 Å². The van der Waals surface area contributed by atoms with Crippen LogP contribution in [0, 0.1) is 20.2 Å². The van der Waals surface area contributed by atoms with Gasteiger partial charge >= 0.3 is 12.4 Å². The van der Waals surface area contributed by atoms with Crippen molar-refractivity contribution in [2.75, 3.05) is 0 Å². The van der Waals surface area contributed by atoms with Gasteiger partial charge in [-0.05, 0) is 0 Å². The van der Waals surface area contributed by atoms with Gasteiger partial charge in [0.05, 0.1) is 9.85 Å². The quantitative estimate of drug-likeness (QED) is 0.377. The summed E-state index contributed by atoms with van der Waals surface area (Å²) in [5, 5.41) is 18.6. The highest BCUT2D eigenvalue weighted by Gasteiger charge is 1.90. The van der Waals surface area contributed by atoms with Crippen LogP contribution in [-0.2, 0) is 0 Å². The Morgan fingerprint density at radius 3 is 1.38 bits per heavy atom. The third kappa shape index (κ3) is 4.54. The van der Waals surface area contributed by atoms with Crippen molar-refractivity contribution in [2.24, 2.45) is 0 Å². The molecule has 6 heteroatoms. The summed E-state index contributed by atoms with van der Waals surface area (Å²) in [4.78, 5) is 16.8. The summed E-state index contributed by atoms with van der Waals surface area (Å²) in [5.74, 6) is 0. The van der Waals surface area contributed by atoms with E-state index in [1.165, 1.54) is 0 Å². The number of hydrogen-bond acceptors (Lipinski definition) is 4. The minimum absolute atomic E-state index is 0.264. The van der Waals surface area contributed by atoms with E-state index in [0.717, 1.165) is 0 Å². The highest BCUT2D eigenvalue weighted by atomic mass is 16.6. The highest BCUT2D eigenvalue weighted by Crippen LogP contribution is 1.72. The van der Waals surface area contributed by atoms with E-state index in [0.29, 0.717) is 0 Å². The van der Waals surface area contributed by atoms with Crippen molar-refractivity contribution in [3.8, 4) is 0 Å². The van der Waals surface area contributed by atoms with E-state index in [-0.39, 0.29) is 12.4 Å². The largest absolute Gasteiger partial charge is 0.303 e. The predicted molar refractivity (Wildman–Crippen MR) is 23.1 cm³/mol. The average molecular weight is 118 g/mol. The second-order valence-electron chi connectivity index (χ2n) is 0.869. The van der Waals surface area contributed by atoms with E-state index in [2.05, 4.69) is 0 Å². The van der Waals surface area contributed by atoms with Gasteiger partial charge in [-0.25, -0.2) is 0 Å². The first-order valence-corrected chi connectivity index (χ1v) is 1.58. The van der Waals surface area contributed by atoms with Crippen molar-refractivity contribution in [3.05, 3.63) is 32.6 Å². The lowest BCUT2D eigenvalue weighted by Crippen LogP contribution is -1.88. The highest BCUT2D eigenvalue weighted by molar-refractivity contribution is 4.55. The Bertz CT molecular complexity index is 123. The van der Waals surface area contributed by atoms with Gasteiger partial charge in [0, 0.05) is 0 Å². The Hall–Kier alpha value is -1.46. The van der Waals surface area contributed by atoms with Crippen molar-refractivity contribution in [1.29, 1.82) is 0 Å². The van der Waals surface area contributed by atoms with E-state index in [4.69, 9.17) is 0 Å². The normalized spacial score (nSPS) is 9.50. The van der Waals surface area contributed by atoms with Crippen LogP contribution in [0.1, 0.15) is 0 Å². The summed E-state index contributed by atoms with van der Waals surface area (Å²) >= 11 is 0. The molecule has 0 aliphatic heterocycles. The Morgan fingerprint density at radius 2 is 1.25 bits per heavy atom. The van der Waals surface area contributed by atoms with E-state index < -0.39 is 9.85 Å². The maximum Gasteiger partial charge on any atom is 0.303 e. The minimum Gasteiger partial charge on any atom is -0.259 e. The van der Waals surface area contributed by atoms with E-state index in [1.807, 2.05) is 0 Å². The van der Waals surface area contributed by atoms with Crippen molar-refractivity contribution < 1.29 is 9.85 Å². The Labute approximate surface area is 43.7 Å². The number of rotatable bonds is 2. The lowest BCUT2D eigenvalue weighted by molar-refractivity contribution is -0.441. The summed E-state index contributed by atoms with van der Waals surface area (Å²) in [5.41, 5.74) is 0. The molecule has 0 saturated carbocycles. The molecule has 0 atom stereocenters. The molecule has 0 aliphatic carbocycles. The standard InChI is InChI=1S/C2H2N2O4/c5-3(6)1-2-4(7)8/h1-2H/b2-1-. The van der Waals surface area contributed by atoms with Crippen LogP contribution in [0.4, 0.5) is 0 Å². The number of hydrogen-bond donors (Lipinski definition) is 0. The van der Waals surface area contributed by atoms with Crippen molar-refractivity contribution in [3.63, 3.8) is 0 Å². The van der Waals surface area contributed by atoms with Crippen LogP contribution in [0.3, 0.4) is 0 Å². The fourth-order valence-electron chi connectivity index (χ4n) is 0.109. The fourth-order valence-corrected chi connectivity index (χ4v) is 0.109. The van der Waals surface area contributed by atoms with Crippen LogP contribution in [0.25, 0.3) is 0 Å². The number of nitro groups is 2. The smallest absolute Gasteiger partial charge is 0.259 e. The van der Waals surface area contributed by atoms with Gasteiger partial charge in [-0.3, -0.25) is 20.2 Å². The zero-order chi connectivity index (χ0) is 6.57. The summed E-state index contributed by atoms with van der Waals surface area (Å²) < 4.78 is 0. The molecule has 0 saturated heterocycles. The molecular formula is C2H2N2O4. The molecule has 0 aliphatic rings. The molecule has 0 bridgehead atoms. The van der Waals surface area contributed by atoms with Gasteiger partial charge < -0.3 is 0 Å². The third-order valence-corrected chi connectivity index (χ3v) is 0.310. The van der Waals surface area contributed by atoms with Gasteiger partial charge in [-0.1, -0.05) is 0 Å². The fraction of sp³-hybridized carbons (Fsp3) is 0. The molecule has 0 fully saturated rings. The Kier molecular flexibility index (Phi) is 2.18. The summed E-state index contributed by atoms with van der Waals surface area (Å²) in [6, 6.07) is 0. The van der Waals surface area contributed by atoms with E-state index >= 15 is 0 Å². The van der Waals surface area contributed by atoms with Crippen molar-refractivity contribution >= 4 is 0 Å². The number of nitrogens with zero attached hydrogens (tertiary/aromatic N) is 2. The van der Waals surface area contributed by atoms with Crippen molar-refractivity contribution in [1.82, 2.24) is 0 Å². The molecule has 6 nitrogen and oxygen atoms in total. The Morgan fingerprint density at radius 1 is 1.00 bits per heavy atom. The second-order valence-corrected chi connectivity index (χ2v) is 0.869. The zero-order valence-electron chi connectivity index (χ0n) is 3.68. The van der Waals surface area contributed by atoms with Gasteiger partial charge in [-0.15, -0.1) is 0 Å². The molecule has 0 aromatic rings. The lowest BCUT2D eigenvalue weighted by atomic mass is 10.9. The zero-order valence-corrected chi connectivity index (χ0v) is 3.68. The lowest BCUT2D eigenvalue weighted by Gasteiger charge is -1.72. The molecule has 0 aromatic carbocycles. The van der Waals surface area contributed by atoms with Crippen LogP contribution >= 0.6 is 0 Å². The monoisotopic (exact) mass is 118 g/mol. The molecule has 0 N–H and O–H groups in total. The molecule has 0 radical (unpaired) electrons. The molecule has 0 heterocycles. The van der Waals surface area contributed by atoms with E-state index in [9.17, 15) is 20.2 Å². The first-order chi connectivity index (χ1) is 3.63. The first kappa shape index (κ1) is 6.54. The van der Waals surface area contributed by atoms with Gasteiger partial charge in [0.25, 0.3) is 0 Å². The molecular weight excluding hydrogens is 116 g/mol. The molecule has 8 heavy (non-hydrogen) atoms. The third-order valence-electron chi connectivity index (χ3n) is 0.310. The van der Waals surface area contributed by atoms with Crippen LogP contribution in [0.5, 0.6) is 0 Å². The van der Waals surface area contributed by atoms with Gasteiger partial charge in [-0.2, -0.15) is 0 Å². The van der Waals surface area contributed by atoms with Crippen LogP contribution in [0.2, 0.25) is 0 Å². The van der Waals surface area contributed by atoms with Crippen LogP contribution in [-0.4, -0.2) is 9.85 Å². The molecule has 0 rings (SSSR count). The maximum absolute atomic E-state index is 9.32.